The number of hydrogen-bond donors (Lipinski definition) is 1. The van der Waals surface area contributed by atoms with E-state index in [-0.39, 0.29) is 5.57 Å². The van der Waals surface area contributed by atoms with Crippen molar-refractivity contribution in [2.75, 3.05) is 5.32 Å². The molecule has 0 radical (unpaired) electrons. The zero-order chi connectivity index (χ0) is 24.9. The fourth-order valence-electron chi connectivity index (χ4n) is 3.74. The van der Waals surface area contributed by atoms with E-state index in [4.69, 9.17) is 27.9 Å². The summed E-state index contributed by atoms with van der Waals surface area (Å²) in [4.78, 5) is 12.7. The minimum Gasteiger partial charge on any atom is -0.487 e. The van der Waals surface area contributed by atoms with Gasteiger partial charge in [-0.25, -0.2) is 0 Å². The molecular weight excluding hydrogens is 479 g/mol. The number of amides is 1. The van der Waals surface area contributed by atoms with Gasteiger partial charge < -0.3 is 10.1 Å². The third-order valence-electron chi connectivity index (χ3n) is 5.73. The van der Waals surface area contributed by atoms with Crippen molar-refractivity contribution in [3.63, 3.8) is 0 Å². The van der Waals surface area contributed by atoms with E-state index in [1.54, 1.807) is 36.4 Å². The largest absolute Gasteiger partial charge is 0.487 e. The number of benzene rings is 4. The maximum Gasteiger partial charge on any atom is 0.266 e. The molecule has 1 amide bonds. The summed E-state index contributed by atoms with van der Waals surface area (Å²) in [5, 5.41) is 15.5. The number of fused-ring (bicyclic) bond motifs is 1. The first kappa shape index (κ1) is 24.3. The zero-order valence-corrected chi connectivity index (χ0v) is 20.7. The number of hydrogen-bond acceptors (Lipinski definition) is 3. The highest BCUT2D eigenvalue weighted by molar-refractivity contribution is 6.32. The molecule has 35 heavy (non-hydrogen) atoms. The van der Waals surface area contributed by atoms with Crippen molar-refractivity contribution >= 4 is 51.6 Å². The molecule has 0 atom stereocenters. The molecular formula is C29H22Cl2N2O2. The van der Waals surface area contributed by atoms with Gasteiger partial charge in [0, 0.05) is 16.3 Å². The van der Waals surface area contributed by atoms with Gasteiger partial charge in [0.1, 0.15) is 24.0 Å². The van der Waals surface area contributed by atoms with Crippen LogP contribution in [0.15, 0.2) is 78.4 Å². The zero-order valence-electron chi connectivity index (χ0n) is 19.2. The quantitative estimate of drug-likeness (QED) is 0.216. The third kappa shape index (κ3) is 5.66. The van der Waals surface area contributed by atoms with Crippen LogP contribution < -0.4 is 10.1 Å². The van der Waals surface area contributed by atoms with E-state index in [0.29, 0.717) is 33.7 Å². The molecule has 0 aliphatic carbocycles. The van der Waals surface area contributed by atoms with Crippen LogP contribution in [0.25, 0.3) is 16.8 Å². The maximum atomic E-state index is 12.7. The van der Waals surface area contributed by atoms with Gasteiger partial charge in [-0.2, -0.15) is 5.26 Å². The molecule has 0 unspecified atom stereocenters. The van der Waals surface area contributed by atoms with Crippen molar-refractivity contribution in [1.82, 2.24) is 0 Å². The van der Waals surface area contributed by atoms with E-state index < -0.39 is 5.91 Å². The lowest BCUT2D eigenvalue weighted by atomic mass is 10.0. The Kier molecular flexibility index (Phi) is 7.41. The molecule has 0 spiro atoms. The first-order valence-corrected chi connectivity index (χ1v) is 11.7. The van der Waals surface area contributed by atoms with Crippen LogP contribution >= 0.6 is 23.2 Å². The monoisotopic (exact) mass is 500 g/mol. The van der Waals surface area contributed by atoms with E-state index in [0.717, 1.165) is 27.5 Å². The van der Waals surface area contributed by atoms with Crippen molar-refractivity contribution in [1.29, 1.82) is 5.26 Å². The van der Waals surface area contributed by atoms with Gasteiger partial charge in [-0.3, -0.25) is 4.79 Å². The van der Waals surface area contributed by atoms with Gasteiger partial charge in [0.25, 0.3) is 5.91 Å². The molecule has 4 rings (SSSR count). The van der Waals surface area contributed by atoms with Crippen LogP contribution in [0, 0.1) is 25.2 Å². The Balaban J connectivity index is 1.51. The first-order valence-electron chi connectivity index (χ1n) is 10.9. The highest BCUT2D eigenvalue weighted by Crippen LogP contribution is 2.29. The summed E-state index contributed by atoms with van der Waals surface area (Å²) in [6, 6.07) is 24.6. The summed E-state index contributed by atoms with van der Waals surface area (Å²) in [6.45, 7) is 4.27. The average Bonchev–Trinajstić information content (AvgIpc) is 2.85. The summed E-state index contributed by atoms with van der Waals surface area (Å²) < 4.78 is 6.04. The summed E-state index contributed by atoms with van der Waals surface area (Å²) in [7, 11) is 0. The van der Waals surface area contributed by atoms with Crippen molar-refractivity contribution in [2.24, 2.45) is 0 Å². The van der Waals surface area contributed by atoms with Crippen LogP contribution in [0.5, 0.6) is 5.75 Å². The normalized spacial score (nSPS) is 11.2. The van der Waals surface area contributed by atoms with Crippen molar-refractivity contribution < 1.29 is 9.53 Å². The molecule has 0 aromatic heterocycles. The summed E-state index contributed by atoms with van der Waals surface area (Å²) in [5.41, 5.74) is 4.18. The molecule has 0 heterocycles. The van der Waals surface area contributed by atoms with Crippen molar-refractivity contribution in [2.45, 2.75) is 20.5 Å². The minimum absolute atomic E-state index is 0.0551. The predicted octanol–water partition coefficient (Wildman–Crippen LogP) is 7.89. The number of nitriles is 1. The number of aryl methyl sites for hydroxylation is 2. The van der Waals surface area contributed by atoms with E-state index in [2.05, 4.69) is 36.5 Å². The Morgan fingerprint density at radius 3 is 2.54 bits per heavy atom. The Labute approximate surface area is 214 Å². The van der Waals surface area contributed by atoms with Gasteiger partial charge in [0.2, 0.25) is 0 Å². The molecule has 0 aliphatic rings. The van der Waals surface area contributed by atoms with E-state index in [9.17, 15) is 10.1 Å². The molecule has 1 N–H and O–H groups in total. The third-order valence-corrected chi connectivity index (χ3v) is 6.26. The Morgan fingerprint density at radius 2 is 1.77 bits per heavy atom. The van der Waals surface area contributed by atoms with Gasteiger partial charge in [-0.1, -0.05) is 71.7 Å². The molecule has 0 saturated heterocycles. The number of nitrogens with zero attached hydrogens (tertiary/aromatic N) is 1. The number of anilines is 1. The molecule has 4 aromatic carbocycles. The Hall–Kier alpha value is -3.78. The van der Waals surface area contributed by atoms with Crippen LogP contribution in [0.3, 0.4) is 0 Å². The fraction of sp³-hybridized carbons (Fsp3) is 0.103. The van der Waals surface area contributed by atoms with Gasteiger partial charge in [-0.15, -0.1) is 0 Å². The van der Waals surface area contributed by atoms with Crippen molar-refractivity contribution in [3.8, 4) is 11.8 Å². The second kappa shape index (κ2) is 10.7. The number of ether oxygens (including phenoxy) is 1. The summed E-state index contributed by atoms with van der Waals surface area (Å²) in [5.74, 6) is -0.00518. The van der Waals surface area contributed by atoms with Gasteiger partial charge >= 0.3 is 0 Å². The molecule has 0 saturated carbocycles. The lowest BCUT2D eigenvalue weighted by Gasteiger charge is -2.13. The number of carbonyl (C=O) groups is 1. The predicted molar refractivity (Wildman–Crippen MR) is 143 cm³/mol. The molecule has 0 aliphatic heterocycles. The van der Waals surface area contributed by atoms with Crippen LogP contribution in [0.2, 0.25) is 10.0 Å². The van der Waals surface area contributed by atoms with Crippen LogP contribution in [0.1, 0.15) is 22.3 Å². The second-order valence-electron chi connectivity index (χ2n) is 8.14. The first-order chi connectivity index (χ1) is 16.9. The average molecular weight is 501 g/mol. The van der Waals surface area contributed by atoms with Gasteiger partial charge in [-0.05, 0) is 71.7 Å². The van der Waals surface area contributed by atoms with Gasteiger partial charge in [0.05, 0.1) is 5.02 Å². The molecule has 0 fully saturated rings. The molecule has 4 aromatic rings. The number of carbonyl (C=O) groups excluding carboxylic acids is 1. The highest BCUT2D eigenvalue weighted by Gasteiger charge is 2.13. The van der Waals surface area contributed by atoms with Crippen LogP contribution in [-0.2, 0) is 11.4 Å². The molecule has 6 heteroatoms. The fourth-order valence-corrected chi connectivity index (χ4v) is 4.16. The van der Waals surface area contributed by atoms with E-state index in [1.165, 1.54) is 6.08 Å². The standard InChI is InChI=1S/C29H22Cl2N2O2/c1-18-7-10-21-5-3-4-6-24(21)25(18)17-35-28-12-9-20(14-26(28)31)13-22(16-32)29(34)33-27-15-23(30)11-8-19(27)2/h3-15H,17H2,1-2H3,(H,33,34)/b22-13+. The smallest absolute Gasteiger partial charge is 0.266 e. The van der Waals surface area contributed by atoms with Crippen LogP contribution in [-0.4, -0.2) is 5.91 Å². The lowest BCUT2D eigenvalue weighted by Crippen LogP contribution is -2.14. The summed E-state index contributed by atoms with van der Waals surface area (Å²) in [6.07, 6.45) is 1.49. The second-order valence-corrected chi connectivity index (χ2v) is 8.99. The molecule has 0 bridgehead atoms. The molecule has 4 nitrogen and oxygen atoms in total. The lowest BCUT2D eigenvalue weighted by molar-refractivity contribution is -0.112. The van der Waals surface area contributed by atoms with Crippen molar-refractivity contribution in [3.05, 3.63) is 111 Å². The van der Waals surface area contributed by atoms with Crippen LogP contribution in [0.4, 0.5) is 5.69 Å². The number of nitrogens with one attached hydrogen (secondary N) is 1. The topological polar surface area (TPSA) is 62.1 Å². The van der Waals surface area contributed by atoms with E-state index in [1.807, 2.05) is 25.1 Å². The minimum atomic E-state index is -0.527. The Bertz CT molecular complexity index is 1500. The highest BCUT2D eigenvalue weighted by atomic mass is 35.5. The van der Waals surface area contributed by atoms with Gasteiger partial charge in [0.15, 0.2) is 0 Å². The number of rotatable bonds is 6. The molecule has 174 valence electrons. The number of halogens is 2. The Morgan fingerprint density at radius 1 is 1.00 bits per heavy atom. The summed E-state index contributed by atoms with van der Waals surface area (Å²) >= 11 is 12.5. The maximum absolute atomic E-state index is 12.7. The SMILES string of the molecule is Cc1ccc(Cl)cc1NC(=O)/C(C#N)=C/c1ccc(OCc2c(C)ccc3ccccc23)c(Cl)c1. The van der Waals surface area contributed by atoms with E-state index >= 15 is 0 Å².